The average molecular weight is 325 g/mol. The summed E-state index contributed by atoms with van der Waals surface area (Å²) in [7, 11) is 0. The van der Waals surface area contributed by atoms with Gasteiger partial charge in [-0.15, -0.1) is 11.3 Å². The third kappa shape index (κ3) is 5.04. The number of benzene rings is 1. The van der Waals surface area contributed by atoms with Gasteiger partial charge in [0.1, 0.15) is 0 Å². The van der Waals surface area contributed by atoms with E-state index in [4.69, 9.17) is 16.7 Å². The van der Waals surface area contributed by atoms with Crippen LogP contribution in [0.15, 0.2) is 41.8 Å². The van der Waals surface area contributed by atoms with E-state index in [1.807, 2.05) is 47.5 Å². The molecule has 2 aromatic rings. The molecule has 0 saturated carbocycles. The summed E-state index contributed by atoms with van der Waals surface area (Å²) >= 11 is 9.33. The van der Waals surface area contributed by atoms with Crippen LogP contribution in [0, 0.1) is 0 Å². The molecule has 0 aliphatic carbocycles. The SMILES string of the molecule is O=C(O)/C=C/c1csc(CSCc2ccc(Cl)cc2)c1. The first-order chi connectivity index (χ1) is 9.63. The molecule has 0 fully saturated rings. The Morgan fingerprint density at radius 3 is 2.75 bits per heavy atom. The number of carboxylic acid groups (broad SMARTS) is 1. The summed E-state index contributed by atoms with van der Waals surface area (Å²) in [6.45, 7) is 0. The van der Waals surface area contributed by atoms with Gasteiger partial charge in [0.15, 0.2) is 0 Å². The van der Waals surface area contributed by atoms with Crippen LogP contribution in [0.2, 0.25) is 5.02 Å². The second kappa shape index (κ2) is 7.53. The molecule has 2 nitrogen and oxygen atoms in total. The monoisotopic (exact) mass is 324 g/mol. The van der Waals surface area contributed by atoms with Crippen molar-refractivity contribution in [1.82, 2.24) is 0 Å². The molecule has 20 heavy (non-hydrogen) atoms. The maximum Gasteiger partial charge on any atom is 0.328 e. The zero-order valence-electron chi connectivity index (χ0n) is 10.6. The molecular weight excluding hydrogens is 312 g/mol. The minimum absolute atomic E-state index is 0.756. The van der Waals surface area contributed by atoms with Crippen molar-refractivity contribution in [1.29, 1.82) is 0 Å². The van der Waals surface area contributed by atoms with Gasteiger partial charge < -0.3 is 5.11 Å². The lowest BCUT2D eigenvalue weighted by atomic mass is 10.2. The zero-order valence-corrected chi connectivity index (χ0v) is 13.0. The van der Waals surface area contributed by atoms with Crippen LogP contribution in [0.5, 0.6) is 0 Å². The van der Waals surface area contributed by atoms with Crippen molar-refractivity contribution in [2.75, 3.05) is 0 Å². The summed E-state index contributed by atoms with van der Waals surface area (Å²) in [5, 5.41) is 11.3. The molecule has 104 valence electrons. The molecule has 0 radical (unpaired) electrons. The van der Waals surface area contributed by atoms with E-state index in [-0.39, 0.29) is 0 Å². The van der Waals surface area contributed by atoms with E-state index in [9.17, 15) is 4.79 Å². The molecule has 5 heteroatoms. The molecule has 1 aromatic carbocycles. The van der Waals surface area contributed by atoms with Crippen molar-refractivity contribution in [2.24, 2.45) is 0 Å². The summed E-state index contributed by atoms with van der Waals surface area (Å²) in [5.41, 5.74) is 2.20. The molecule has 0 atom stereocenters. The topological polar surface area (TPSA) is 37.3 Å². The van der Waals surface area contributed by atoms with Crippen LogP contribution in [0.4, 0.5) is 0 Å². The van der Waals surface area contributed by atoms with Crippen LogP contribution in [0.25, 0.3) is 6.08 Å². The second-order valence-electron chi connectivity index (χ2n) is 4.14. The normalized spacial score (nSPS) is 11.1. The van der Waals surface area contributed by atoms with Crippen LogP contribution < -0.4 is 0 Å². The highest BCUT2D eigenvalue weighted by Gasteiger charge is 2.00. The van der Waals surface area contributed by atoms with Crippen LogP contribution in [-0.4, -0.2) is 11.1 Å². The molecule has 1 N–H and O–H groups in total. The van der Waals surface area contributed by atoms with Crippen molar-refractivity contribution in [2.45, 2.75) is 11.5 Å². The van der Waals surface area contributed by atoms with E-state index in [2.05, 4.69) is 0 Å². The van der Waals surface area contributed by atoms with Crippen LogP contribution in [-0.2, 0) is 16.3 Å². The molecule has 2 rings (SSSR count). The Morgan fingerprint density at radius 2 is 2.05 bits per heavy atom. The van der Waals surface area contributed by atoms with Gasteiger partial charge in [0.2, 0.25) is 0 Å². The first-order valence-electron chi connectivity index (χ1n) is 5.94. The van der Waals surface area contributed by atoms with Gasteiger partial charge >= 0.3 is 5.97 Å². The van der Waals surface area contributed by atoms with Crippen LogP contribution in [0.1, 0.15) is 16.0 Å². The van der Waals surface area contributed by atoms with Crippen molar-refractivity contribution in [3.8, 4) is 0 Å². The Balaban J connectivity index is 1.82. The summed E-state index contributed by atoms with van der Waals surface area (Å²) in [5.74, 6) is 0.943. The fraction of sp³-hybridized carbons (Fsp3) is 0.133. The number of halogens is 1. The van der Waals surface area contributed by atoms with Crippen molar-refractivity contribution >= 4 is 46.7 Å². The van der Waals surface area contributed by atoms with Crippen molar-refractivity contribution < 1.29 is 9.90 Å². The maximum atomic E-state index is 10.4. The van der Waals surface area contributed by atoms with Gasteiger partial charge in [-0.25, -0.2) is 4.79 Å². The molecule has 0 aliphatic heterocycles. The van der Waals surface area contributed by atoms with Crippen LogP contribution >= 0.6 is 34.7 Å². The number of hydrogen-bond donors (Lipinski definition) is 1. The number of carbonyl (C=O) groups is 1. The zero-order chi connectivity index (χ0) is 14.4. The fourth-order valence-corrected chi connectivity index (χ4v) is 3.68. The van der Waals surface area contributed by atoms with E-state index < -0.39 is 5.97 Å². The van der Waals surface area contributed by atoms with Gasteiger partial charge in [-0.2, -0.15) is 11.8 Å². The third-order valence-electron chi connectivity index (χ3n) is 2.52. The van der Waals surface area contributed by atoms with Gasteiger partial charge in [0.25, 0.3) is 0 Å². The molecule has 0 aliphatic rings. The maximum absolute atomic E-state index is 10.4. The molecule has 0 unspecified atom stereocenters. The largest absolute Gasteiger partial charge is 0.478 e. The van der Waals surface area contributed by atoms with E-state index in [1.54, 1.807) is 17.4 Å². The molecular formula is C15H13ClO2S2. The molecule has 1 heterocycles. The quantitative estimate of drug-likeness (QED) is 0.765. The number of thioether (sulfide) groups is 1. The number of thiophene rings is 1. The smallest absolute Gasteiger partial charge is 0.328 e. The van der Waals surface area contributed by atoms with Crippen molar-refractivity contribution in [3.63, 3.8) is 0 Å². The Labute approximate surface area is 131 Å². The summed E-state index contributed by atoms with van der Waals surface area (Å²) < 4.78 is 0. The lowest BCUT2D eigenvalue weighted by Gasteiger charge is -2.00. The Bertz CT molecular complexity index is 603. The molecule has 0 amide bonds. The number of carboxylic acids is 1. The van der Waals surface area contributed by atoms with Gasteiger partial charge in [-0.3, -0.25) is 0 Å². The lowest BCUT2D eigenvalue weighted by Crippen LogP contribution is -1.84. The van der Waals surface area contributed by atoms with E-state index in [0.717, 1.165) is 28.2 Å². The summed E-state index contributed by atoms with van der Waals surface area (Å²) in [6.07, 6.45) is 2.78. The Morgan fingerprint density at radius 1 is 1.30 bits per heavy atom. The first-order valence-corrected chi connectivity index (χ1v) is 8.35. The predicted octanol–water partition coefficient (Wildman–Crippen LogP) is 4.93. The second-order valence-corrected chi connectivity index (χ2v) is 6.56. The fourth-order valence-electron chi connectivity index (χ4n) is 1.58. The summed E-state index contributed by atoms with van der Waals surface area (Å²) in [6, 6.07) is 9.89. The first kappa shape index (κ1) is 15.2. The van der Waals surface area contributed by atoms with Gasteiger partial charge in [0.05, 0.1) is 0 Å². The molecule has 0 bridgehead atoms. The van der Waals surface area contributed by atoms with Gasteiger partial charge in [-0.1, -0.05) is 23.7 Å². The predicted molar refractivity (Wildman–Crippen MR) is 87.4 cm³/mol. The molecule has 0 spiro atoms. The lowest BCUT2D eigenvalue weighted by molar-refractivity contribution is -0.131. The minimum Gasteiger partial charge on any atom is -0.478 e. The number of hydrogen-bond acceptors (Lipinski definition) is 3. The minimum atomic E-state index is -0.921. The highest BCUT2D eigenvalue weighted by Crippen LogP contribution is 2.24. The number of aliphatic carboxylic acids is 1. The number of rotatable bonds is 6. The third-order valence-corrected chi connectivity index (χ3v) is 4.96. The Hall–Kier alpha value is -1.23. The van der Waals surface area contributed by atoms with E-state index in [0.29, 0.717) is 0 Å². The highest BCUT2D eigenvalue weighted by atomic mass is 35.5. The molecule has 1 aromatic heterocycles. The summed E-state index contributed by atoms with van der Waals surface area (Å²) in [4.78, 5) is 11.7. The standard InChI is InChI=1S/C15H13ClO2S2/c16-13-4-1-11(2-5-13)8-19-10-14-7-12(9-20-14)3-6-15(17)18/h1-7,9H,8,10H2,(H,17,18)/b6-3+. The average Bonchev–Trinajstić information content (AvgIpc) is 2.87. The van der Waals surface area contributed by atoms with E-state index >= 15 is 0 Å². The highest BCUT2D eigenvalue weighted by molar-refractivity contribution is 7.97. The van der Waals surface area contributed by atoms with Crippen molar-refractivity contribution in [3.05, 3.63) is 62.8 Å². The Kier molecular flexibility index (Phi) is 5.71. The van der Waals surface area contributed by atoms with Gasteiger partial charge in [0, 0.05) is 27.5 Å². The van der Waals surface area contributed by atoms with E-state index in [1.165, 1.54) is 10.4 Å². The van der Waals surface area contributed by atoms with Gasteiger partial charge in [-0.05, 0) is 40.8 Å². The molecule has 0 saturated heterocycles. The van der Waals surface area contributed by atoms with Crippen LogP contribution in [0.3, 0.4) is 0 Å².